The Morgan fingerprint density at radius 1 is 1.17 bits per heavy atom. The Kier molecular flexibility index (Phi) is 9.69. The van der Waals surface area contributed by atoms with Crippen LogP contribution in [0.15, 0.2) is 30.3 Å². The van der Waals surface area contributed by atoms with E-state index in [1.807, 2.05) is 19.9 Å². The van der Waals surface area contributed by atoms with Crippen molar-refractivity contribution >= 4 is 13.5 Å². The summed E-state index contributed by atoms with van der Waals surface area (Å²) < 4.78 is 29.2. The molecule has 1 N–H and O–H groups in total. The molecule has 0 aliphatic heterocycles. The van der Waals surface area contributed by atoms with Crippen LogP contribution in [0.25, 0.3) is 0 Å². The number of rotatable bonds is 12. The highest BCUT2D eigenvalue weighted by atomic mass is 31.2. The molecular weight excluding hydrogens is 329 g/mol. The fraction of sp³-hybridized carbons (Fsp3) is 0.588. The van der Waals surface area contributed by atoms with Crippen molar-refractivity contribution in [3.8, 4) is 5.75 Å². The summed E-state index contributed by atoms with van der Waals surface area (Å²) in [6.45, 7) is 6.39. The summed E-state index contributed by atoms with van der Waals surface area (Å²) >= 11 is 0. The van der Waals surface area contributed by atoms with Gasteiger partial charge in [0.2, 0.25) is 0 Å². The lowest BCUT2D eigenvalue weighted by Crippen LogP contribution is -2.35. The van der Waals surface area contributed by atoms with Gasteiger partial charge in [0.05, 0.1) is 6.61 Å². The quantitative estimate of drug-likeness (QED) is 0.347. The lowest BCUT2D eigenvalue weighted by atomic mass is 10.3. The molecule has 1 rings (SSSR count). The van der Waals surface area contributed by atoms with E-state index in [1.165, 1.54) is 0 Å². The van der Waals surface area contributed by atoms with Crippen molar-refractivity contribution < 1.29 is 23.4 Å². The standard InChI is InChI=1S/C17H28NO5P/c1-4-6-13-21-14-24(20,23-16-10-8-7-9-11-16)18-15(3)17(19)22-12-5-2/h7-11,15H,4-6,12-14H2,1-3H3,(H,18,20). The van der Waals surface area contributed by atoms with Gasteiger partial charge in [0.15, 0.2) is 0 Å². The topological polar surface area (TPSA) is 73.9 Å². The Bertz CT molecular complexity index is 523. The number of para-hydroxylation sites is 1. The Balaban J connectivity index is 2.72. The van der Waals surface area contributed by atoms with Crippen LogP contribution in [-0.4, -0.2) is 31.6 Å². The van der Waals surface area contributed by atoms with Gasteiger partial charge in [0, 0.05) is 6.61 Å². The lowest BCUT2D eigenvalue weighted by molar-refractivity contribution is -0.145. The van der Waals surface area contributed by atoms with Crippen molar-refractivity contribution in [2.45, 2.75) is 46.1 Å². The number of nitrogens with one attached hydrogen (secondary N) is 1. The molecule has 0 saturated carbocycles. The van der Waals surface area contributed by atoms with E-state index in [4.69, 9.17) is 14.0 Å². The average Bonchev–Trinajstić information content (AvgIpc) is 2.57. The van der Waals surface area contributed by atoms with Crippen molar-refractivity contribution in [3.63, 3.8) is 0 Å². The van der Waals surface area contributed by atoms with Gasteiger partial charge in [-0.3, -0.25) is 9.36 Å². The van der Waals surface area contributed by atoms with Crippen LogP contribution in [-0.2, 0) is 18.8 Å². The van der Waals surface area contributed by atoms with Gasteiger partial charge in [-0.1, -0.05) is 38.5 Å². The number of hydrogen-bond donors (Lipinski definition) is 1. The molecule has 0 spiro atoms. The number of carbonyl (C=O) groups is 1. The van der Waals surface area contributed by atoms with E-state index in [0.29, 0.717) is 19.0 Å². The summed E-state index contributed by atoms with van der Waals surface area (Å²) in [5.41, 5.74) is 0. The summed E-state index contributed by atoms with van der Waals surface area (Å²) in [6.07, 6.45) is 2.49. The zero-order chi connectivity index (χ0) is 17.8. The first-order chi connectivity index (χ1) is 11.5. The smallest absolute Gasteiger partial charge is 0.342 e. The van der Waals surface area contributed by atoms with Crippen molar-refractivity contribution in [2.24, 2.45) is 0 Å². The second-order valence-electron chi connectivity index (χ2n) is 5.49. The highest BCUT2D eigenvalue weighted by Gasteiger charge is 2.30. The van der Waals surface area contributed by atoms with Crippen molar-refractivity contribution in [2.75, 3.05) is 19.6 Å². The Labute approximate surface area is 144 Å². The minimum Gasteiger partial charge on any atom is -0.465 e. The van der Waals surface area contributed by atoms with Crippen LogP contribution in [0, 0.1) is 0 Å². The Morgan fingerprint density at radius 2 is 1.88 bits per heavy atom. The van der Waals surface area contributed by atoms with Gasteiger partial charge in [0.25, 0.3) is 0 Å². The van der Waals surface area contributed by atoms with E-state index in [2.05, 4.69) is 5.09 Å². The molecule has 0 bridgehead atoms. The molecule has 2 unspecified atom stereocenters. The first kappa shape index (κ1) is 20.7. The van der Waals surface area contributed by atoms with Gasteiger partial charge in [-0.15, -0.1) is 0 Å². The zero-order valence-corrected chi connectivity index (χ0v) is 15.6. The number of esters is 1. The second-order valence-corrected chi connectivity index (χ2v) is 7.53. The molecule has 0 amide bonds. The third kappa shape index (κ3) is 7.95. The third-order valence-electron chi connectivity index (χ3n) is 3.09. The first-order valence-electron chi connectivity index (χ1n) is 8.36. The third-order valence-corrected chi connectivity index (χ3v) is 4.90. The minimum atomic E-state index is -3.40. The van der Waals surface area contributed by atoms with E-state index in [1.54, 1.807) is 31.2 Å². The average molecular weight is 357 g/mol. The van der Waals surface area contributed by atoms with Crippen LogP contribution in [0.3, 0.4) is 0 Å². The first-order valence-corrected chi connectivity index (χ1v) is 10.2. The molecule has 0 saturated heterocycles. The number of hydrogen-bond acceptors (Lipinski definition) is 5. The van der Waals surface area contributed by atoms with Crippen molar-refractivity contribution in [1.82, 2.24) is 5.09 Å². The highest BCUT2D eigenvalue weighted by molar-refractivity contribution is 7.57. The van der Waals surface area contributed by atoms with Crippen LogP contribution in [0.5, 0.6) is 5.75 Å². The maximum atomic E-state index is 13.1. The minimum absolute atomic E-state index is 0.104. The molecule has 0 heterocycles. The van der Waals surface area contributed by atoms with Gasteiger partial charge in [-0.2, -0.15) is 0 Å². The SMILES string of the molecule is CCCCOCP(=O)(NC(C)C(=O)OCCC)Oc1ccccc1. The zero-order valence-electron chi connectivity index (χ0n) is 14.7. The summed E-state index contributed by atoms with van der Waals surface area (Å²) in [7, 11) is -3.40. The molecule has 1 aromatic carbocycles. The fourth-order valence-electron chi connectivity index (χ4n) is 1.85. The van der Waals surface area contributed by atoms with E-state index < -0.39 is 19.5 Å². The number of benzene rings is 1. The van der Waals surface area contributed by atoms with E-state index in [-0.39, 0.29) is 6.35 Å². The van der Waals surface area contributed by atoms with Crippen LogP contribution in [0.2, 0.25) is 0 Å². The number of unbranched alkanes of at least 4 members (excludes halogenated alkanes) is 1. The summed E-state index contributed by atoms with van der Waals surface area (Å²) in [6, 6.07) is 8.09. The van der Waals surface area contributed by atoms with E-state index in [9.17, 15) is 9.36 Å². The molecule has 7 heteroatoms. The molecule has 0 aliphatic carbocycles. The van der Waals surface area contributed by atoms with Crippen molar-refractivity contribution in [1.29, 1.82) is 0 Å². The number of ether oxygens (including phenoxy) is 2. The predicted molar refractivity (Wildman–Crippen MR) is 94.3 cm³/mol. The molecule has 2 atom stereocenters. The summed E-state index contributed by atoms with van der Waals surface area (Å²) in [5.74, 6) is 0.00356. The van der Waals surface area contributed by atoms with Gasteiger partial charge in [0.1, 0.15) is 18.1 Å². The Morgan fingerprint density at radius 3 is 2.50 bits per heavy atom. The van der Waals surface area contributed by atoms with Gasteiger partial charge >= 0.3 is 13.5 Å². The highest BCUT2D eigenvalue weighted by Crippen LogP contribution is 2.43. The Hall–Kier alpha value is -1.36. The molecule has 0 radical (unpaired) electrons. The predicted octanol–water partition coefficient (Wildman–Crippen LogP) is 3.96. The molecule has 136 valence electrons. The van der Waals surface area contributed by atoms with Gasteiger partial charge < -0.3 is 14.0 Å². The largest absolute Gasteiger partial charge is 0.465 e. The molecule has 1 aromatic rings. The molecule has 24 heavy (non-hydrogen) atoms. The van der Waals surface area contributed by atoms with E-state index in [0.717, 1.165) is 19.3 Å². The van der Waals surface area contributed by atoms with Gasteiger partial charge in [-0.25, -0.2) is 5.09 Å². The van der Waals surface area contributed by atoms with Crippen molar-refractivity contribution in [3.05, 3.63) is 30.3 Å². The molecule has 0 aliphatic rings. The maximum Gasteiger partial charge on any atom is 0.342 e. The second kappa shape index (κ2) is 11.2. The van der Waals surface area contributed by atoms with Crippen LogP contribution in [0.4, 0.5) is 0 Å². The maximum absolute atomic E-state index is 13.1. The van der Waals surface area contributed by atoms with Gasteiger partial charge in [-0.05, 0) is 31.9 Å². The summed E-state index contributed by atoms with van der Waals surface area (Å²) in [5, 5.41) is 2.76. The number of carbonyl (C=O) groups excluding carboxylic acids is 1. The fourth-order valence-corrected chi connectivity index (χ4v) is 3.56. The molecule has 0 aromatic heterocycles. The monoisotopic (exact) mass is 357 g/mol. The molecular formula is C17H28NO5P. The van der Waals surface area contributed by atoms with Crippen LogP contribution in [0.1, 0.15) is 40.0 Å². The lowest BCUT2D eigenvalue weighted by Gasteiger charge is -2.23. The normalized spacial score (nSPS) is 14.6. The summed E-state index contributed by atoms with van der Waals surface area (Å²) in [4.78, 5) is 11.9. The van der Waals surface area contributed by atoms with Crippen LogP contribution < -0.4 is 9.61 Å². The molecule has 6 nitrogen and oxygen atoms in total. The van der Waals surface area contributed by atoms with E-state index >= 15 is 0 Å². The van der Waals surface area contributed by atoms with Crippen LogP contribution >= 0.6 is 7.52 Å². The molecule has 0 fully saturated rings.